The number of terminal acetylenes is 1. The fourth-order valence-electron chi connectivity index (χ4n) is 5.12. The van der Waals surface area contributed by atoms with Crippen molar-refractivity contribution in [3.05, 3.63) is 45.4 Å². The molecule has 190 valence electrons. The van der Waals surface area contributed by atoms with E-state index in [9.17, 15) is 9.90 Å². The number of hydrogen-bond acceptors (Lipinski definition) is 7. The van der Waals surface area contributed by atoms with Crippen LogP contribution in [0.25, 0.3) is 6.08 Å². The number of carbonyl (C=O) groups excluding carboxylic acids is 1. The van der Waals surface area contributed by atoms with E-state index in [1.54, 1.807) is 17.4 Å². The van der Waals surface area contributed by atoms with Crippen molar-refractivity contribution < 1.29 is 19.4 Å². The summed E-state index contributed by atoms with van der Waals surface area (Å²) in [5.74, 6) is 1.13. The summed E-state index contributed by atoms with van der Waals surface area (Å²) < 4.78 is 11.3. The van der Waals surface area contributed by atoms with Crippen molar-refractivity contribution in [2.75, 3.05) is 32.8 Å². The number of carbonyl (C=O) groups is 1. The maximum Gasteiger partial charge on any atom is 0.234 e. The molecule has 1 aliphatic carbocycles. The molecule has 0 saturated carbocycles. The zero-order valence-corrected chi connectivity index (χ0v) is 21.3. The third kappa shape index (κ3) is 5.59. The Morgan fingerprint density at radius 3 is 2.83 bits per heavy atom. The fraction of sp³-hybridized carbons (Fsp3) is 0.500. The minimum Gasteiger partial charge on any atom is -0.486 e. The average molecular weight is 508 g/mol. The summed E-state index contributed by atoms with van der Waals surface area (Å²) >= 11 is 1.71. The molecule has 5 rings (SSSR count). The van der Waals surface area contributed by atoms with E-state index in [0.717, 1.165) is 50.2 Å². The molecule has 3 aliphatic rings. The highest BCUT2D eigenvalue weighted by Gasteiger charge is 2.33. The minimum atomic E-state index is -0.945. The number of aliphatic hydroxyl groups is 1. The van der Waals surface area contributed by atoms with Gasteiger partial charge in [-0.25, -0.2) is 4.98 Å². The van der Waals surface area contributed by atoms with Crippen molar-refractivity contribution in [3.63, 3.8) is 0 Å². The Balaban J connectivity index is 1.28. The standard InChI is InChI=1S/C28H33N3O4S/c1-2-31(27(32)11-7-10-26-29-21-8-3-4-9-25(21)36-26)22(19-30-14-5-6-15-30)28(33)20-12-13-23-24(18-20)35-17-16-34-23/h1,4,9,12-13,18,22,28,33H,3,5-8,10-11,14-17,19H2/t22-,28-/m1/s1. The van der Waals surface area contributed by atoms with Crippen LogP contribution in [-0.4, -0.2) is 64.7 Å². The van der Waals surface area contributed by atoms with Gasteiger partial charge in [0.2, 0.25) is 5.91 Å². The van der Waals surface area contributed by atoms with Gasteiger partial charge in [0, 0.05) is 19.0 Å². The molecule has 0 radical (unpaired) electrons. The molecular formula is C28H33N3O4S. The van der Waals surface area contributed by atoms with Gasteiger partial charge in [0.1, 0.15) is 19.3 Å². The monoisotopic (exact) mass is 507 g/mol. The van der Waals surface area contributed by atoms with Crippen LogP contribution in [0.4, 0.5) is 0 Å². The van der Waals surface area contributed by atoms with Gasteiger partial charge in [0.25, 0.3) is 0 Å². The van der Waals surface area contributed by atoms with Crippen LogP contribution in [-0.2, 0) is 17.6 Å². The lowest BCUT2D eigenvalue weighted by molar-refractivity contribution is -0.132. The summed E-state index contributed by atoms with van der Waals surface area (Å²) in [5, 5.41) is 12.5. The molecule has 2 aromatic rings. The van der Waals surface area contributed by atoms with Gasteiger partial charge < -0.3 is 19.5 Å². The molecule has 1 aromatic carbocycles. The first-order chi connectivity index (χ1) is 17.6. The first-order valence-corrected chi connectivity index (χ1v) is 13.7. The number of amides is 1. The first kappa shape index (κ1) is 24.8. The Bertz CT molecular complexity index is 1150. The average Bonchev–Trinajstić information content (AvgIpc) is 3.57. The summed E-state index contributed by atoms with van der Waals surface area (Å²) in [4.78, 5) is 23.0. The molecule has 2 aliphatic heterocycles. The van der Waals surface area contributed by atoms with Crippen LogP contribution in [0.15, 0.2) is 24.3 Å². The third-order valence-corrected chi connectivity index (χ3v) is 8.15. The number of aryl methyl sites for hydroxylation is 2. The predicted octanol–water partition coefficient (Wildman–Crippen LogP) is 3.81. The van der Waals surface area contributed by atoms with Crippen LogP contribution in [0.5, 0.6) is 11.5 Å². The summed E-state index contributed by atoms with van der Waals surface area (Å²) in [7, 11) is 0. The van der Waals surface area contributed by atoms with Crippen molar-refractivity contribution in [3.8, 4) is 24.0 Å². The number of thiazole rings is 1. The summed E-state index contributed by atoms with van der Waals surface area (Å²) in [6, 6.07) is 7.48. The third-order valence-electron chi connectivity index (χ3n) is 7.03. The lowest BCUT2D eigenvalue weighted by atomic mass is 9.99. The summed E-state index contributed by atoms with van der Waals surface area (Å²) in [5.41, 5.74) is 1.83. The van der Waals surface area contributed by atoms with E-state index in [1.807, 2.05) is 12.1 Å². The SMILES string of the molecule is C#CN(C(=O)CCCc1nc2c(s1)C=CCC2)[C@H](CN1CCCC1)[C@H](O)c1ccc2c(c1)OCCO2. The van der Waals surface area contributed by atoms with Gasteiger partial charge in [-0.3, -0.25) is 9.69 Å². The van der Waals surface area contributed by atoms with E-state index in [0.29, 0.717) is 49.7 Å². The molecule has 1 amide bonds. The number of rotatable bonds is 9. The normalized spacial score (nSPS) is 18.3. The van der Waals surface area contributed by atoms with Crippen LogP contribution in [0, 0.1) is 12.5 Å². The van der Waals surface area contributed by atoms with Crippen molar-refractivity contribution in [1.29, 1.82) is 0 Å². The molecule has 0 bridgehead atoms. The molecule has 0 unspecified atom stereocenters. The van der Waals surface area contributed by atoms with Crippen LogP contribution in [0.1, 0.15) is 59.4 Å². The Kier molecular flexibility index (Phi) is 7.90. The van der Waals surface area contributed by atoms with E-state index in [-0.39, 0.29) is 5.91 Å². The molecule has 8 heteroatoms. The van der Waals surface area contributed by atoms with E-state index in [4.69, 9.17) is 20.9 Å². The van der Waals surface area contributed by atoms with Gasteiger partial charge in [-0.15, -0.1) is 11.3 Å². The number of nitrogens with zero attached hydrogens (tertiary/aromatic N) is 3. The van der Waals surface area contributed by atoms with E-state index >= 15 is 0 Å². The van der Waals surface area contributed by atoms with Crippen LogP contribution < -0.4 is 9.47 Å². The highest BCUT2D eigenvalue weighted by molar-refractivity contribution is 7.12. The molecule has 3 heterocycles. The van der Waals surface area contributed by atoms with Crippen molar-refractivity contribution in [2.24, 2.45) is 0 Å². The van der Waals surface area contributed by atoms with E-state index in [2.05, 4.69) is 23.1 Å². The molecule has 1 saturated heterocycles. The number of allylic oxidation sites excluding steroid dienone is 1. The van der Waals surface area contributed by atoms with Gasteiger partial charge in [0.15, 0.2) is 11.5 Å². The molecule has 7 nitrogen and oxygen atoms in total. The van der Waals surface area contributed by atoms with Crippen molar-refractivity contribution >= 4 is 23.3 Å². The van der Waals surface area contributed by atoms with Gasteiger partial charge in [-0.05, 0) is 75.4 Å². The quantitative estimate of drug-likeness (QED) is 0.411. The van der Waals surface area contributed by atoms with Gasteiger partial charge in [-0.1, -0.05) is 18.6 Å². The first-order valence-electron chi connectivity index (χ1n) is 12.9. The number of aromatic nitrogens is 1. The summed E-state index contributed by atoms with van der Waals surface area (Å²) in [6.45, 7) is 3.39. The number of likely N-dealkylation sites (tertiary alicyclic amines) is 1. The Morgan fingerprint density at radius 2 is 2.06 bits per heavy atom. The number of ether oxygens (including phenoxy) is 2. The Morgan fingerprint density at radius 1 is 1.25 bits per heavy atom. The molecular weight excluding hydrogens is 474 g/mol. The number of fused-ring (bicyclic) bond motifs is 2. The van der Waals surface area contributed by atoms with Crippen molar-refractivity contribution in [1.82, 2.24) is 14.8 Å². The second kappa shape index (κ2) is 11.5. The van der Waals surface area contributed by atoms with Gasteiger partial charge in [-0.2, -0.15) is 0 Å². The number of benzene rings is 1. The predicted molar refractivity (Wildman–Crippen MR) is 140 cm³/mol. The molecule has 1 N–H and O–H groups in total. The molecule has 1 aromatic heterocycles. The molecule has 36 heavy (non-hydrogen) atoms. The molecule has 0 spiro atoms. The zero-order valence-electron chi connectivity index (χ0n) is 20.5. The largest absolute Gasteiger partial charge is 0.486 e. The zero-order chi connectivity index (χ0) is 24.9. The van der Waals surface area contributed by atoms with Gasteiger partial charge >= 0.3 is 0 Å². The van der Waals surface area contributed by atoms with Gasteiger partial charge in [0.05, 0.1) is 21.6 Å². The minimum absolute atomic E-state index is 0.139. The van der Waals surface area contributed by atoms with Crippen LogP contribution in [0.2, 0.25) is 0 Å². The van der Waals surface area contributed by atoms with Crippen molar-refractivity contribution in [2.45, 2.75) is 57.1 Å². The Labute approximate surface area is 216 Å². The maximum atomic E-state index is 13.3. The smallest absolute Gasteiger partial charge is 0.234 e. The highest BCUT2D eigenvalue weighted by Crippen LogP contribution is 2.34. The van der Waals surface area contributed by atoms with Crippen LogP contribution >= 0.6 is 11.3 Å². The topological polar surface area (TPSA) is 75.1 Å². The second-order valence-corrected chi connectivity index (χ2v) is 10.6. The Hall–Kier alpha value is -2.86. The highest BCUT2D eigenvalue weighted by atomic mass is 32.1. The van der Waals surface area contributed by atoms with E-state index < -0.39 is 12.1 Å². The second-order valence-electron chi connectivity index (χ2n) is 9.53. The summed E-state index contributed by atoms with van der Waals surface area (Å²) in [6.07, 6.45) is 15.3. The molecule has 1 fully saturated rings. The number of aliphatic hydroxyl groups excluding tert-OH is 1. The lowest BCUT2D eigenvalue weighted by Crippen LogP contribution is -2.47. The maximum absolute atomic E-state index is 13.3. The van der Waals surface area contributed by atoms with Crippen LogP contribution in [0.3, 0.4) is 0 Å². The van der Waals surface area contributed by atoms with E-state index in [1.165, 1.54) is 15.5 Å². The molecule has 2 atom stereocenters. The lowest BCUT2D eigenvalue weighted by Gasteiger charge is -2.34. The fourth-order valence-corrected chi connectivity index (χ4v) is 6.21. The number of hydrogen-bond donors (Lipinski definition) is 1.